The van der Waals surface area contributed by atoms with Gasteiger partial charge in [0.15, 0.2) is 5.82 Å². The molecule has 0 fully saturated rings. The van der Waals surface area contributed by atoms with Crippen molar-refractivity contribution in [1.29, 1.82) is 0 Å². The highest BCUT2D eigenvalue weighted by atomic mass is 19.1. The molecule has 2 N–H and O–H groups in total. The van der Waals surface area contributed by atoms with E-state index in [2.05, 4.69) is 10.2 Å². The van der Waals surface area contributed by atoms with Crippen molar-refractivity contribution >= 4 is 11.5 Å². The van der Waals surface area contributed by atoms with E-state index in [0.717, 1.165) is 11.3 Å². The van der Waals surface area contributed by atoms with E-state index in [9.17, 15) is 4.39 Å². The molecule has 0 aliphatic carbocycles. The lowest BCUT2D eigenvalue weighted by Gasteiger charge is -2.19. The van der Waals surface area contributed by atoms with E-state index >= 15 is 0 Å². The zero-order chi connectivity index (χ0) is 12.3. The Kier molecular flexibility index (Phi) is 3.30. The molecule has 0 saturated heterocycles. The minimum atomic E-state index is -0.264. The number of rotatable bonds is 3. The van der Waals surface area contributed by atoms with Gasteiger partial charge in [0.2, 0.25) is 0 Å². The summed E-state index contributed by atoms with van der Waals surface area (Å²) in [5, 5.41) is 7.89. The monoisotopic (exact) mass is 232 g/mol. The third-order valence-corrected chi connectivity index (χ3v) is 2.53. The van der Waals surface area contributed by atoms with Crippen LogP contribution < -0.4 is 10.6 Å². The first-order valence-corrected chi connectivity index (χ1v) is 5.22. The Hall–Kier alpha value is -2.01. The molecule has 0 aliphatic rings. The normalized spacial score (nSPS) is 10.3. The van der Waals surface area contributed by atoms with Crippen LogP contribution in [0.1, 0.15) is 5.56 Å². The van der Waals surface area contributed by atoms with E-state index in [-0.39, 0.29) is 5.82 Å². The van der Waals surface area contributed by atoms with E-state index < -0.39 is 0 Å². The van der Waals surface area contributed by atoms with Crippen LogP contribution in [0.2, 0.25) is 0 Å². The second-order valence-corrected chi connectivity index (χ2v) is 3.62. The molecule has 5 heteroatoms. The minimum Gasteiger partial charge on any atom is -0.328 e. The highest BCUT2D eigenvalue weighted by molar-refractivity contribution is 5.61. The molecule has 1 heterocycles. The van der Waals surface area contributed by atoms with E-state index in [0.29, 0.717) is 12.4 Å². The van der Waals surface area contributed by atoms with Crippen molar-refractivity contribution in [1.82, 2.24) is 10.2 Å². The Morgan fingerprint density at radius 3 is 2.59 bits per heavy atom. The zero-order valence-corrected chi connectivity index (χ0v) is 9.47. The maximum absolute atomic E-state index is 12.8. The fourth-order valence-corrected chi connectivity index (χ4v) is 1.58. The lowest BCUT2D eigenvalue weighted by atomic mass is 10.2. The van der Waals surface area contributed by atoms with Crippen molar-refractivity contribution in [2.24, 2.45) is 5.73 Å². The van der Waals surface area contributed by atoms with E-state index in [1.807, 2.05) is 18.0 Å². The molecule has 1 aromatic heterocycles. The van der Waals surface area contributed by atoms with Gasteiger partial charge in [-0.05, 0) is 30.3 Å². The number of anilines is 2. The number of hydrogen-bond acceptors (Lipinski definition) is 4. The largest absolute Gasteiger partial charge is 0.328 e. The quantitative estimate of drug-likeness (QED) is 0.877. The van der Waals surface area contributed by atoms with Gasteiger partial charge in [-0.3, -0.25) is 0 Å². The Morgan fingerprint density at radius 2 is 1.94 bits per heavy atom. The topological polar surface area (TPSA) is 55.0 Å². The Balaban J connectivity index is 2.36. The molecule has 4 nitrogen and oxygen atoms in total. The molecule has 1 aromatic carbocycles. The number of aromatic nitrogens is 2. The maximum Gasteiger partial charge on any atom is 0.159 e. The summed E-state index contributed by atoms with van der Waals surface area (Å²) in [5.74, 6) is 0.418. The highest BCUT2D eigenvalue weighted by Gasteiger charge is 2.10. The van der Waals surface area contributed by atoms with Crippen LogP contribution in [-0.4, -0.2) is 17.2 Å². The van der Waals surface area contributed by atoms with Crippen molar-refractivity contribution in [3.8, 4) is 0 Å². The zero-order valence-electron chi connectivity index (χ0n) is 9.47. The fraction of sp³-hybridized carbons (Fsp3) is 0.167. The van der Waals surface area contributed by atoms with E-state index in [1.165, 1.54) is 12.1 Å². The summed E-state index contributed by atoms with van der Waals surface area (Å²) in [6.45, 7) is 0.385. The van der Waals surface area contributed by atoms with Gasteiger partial charge in [0.25, 0.3) is 0 Å². The molecule has 88 valence electrons. The maximum atomic E-state index is 12.8. The molecule has 0 aliphatic heterocycles. The van der Waals surface area contributed by atoms with Crippen LogP contribution in [0.5, 0.6) is 0 Å². The van der Waals surface area contributed by atoms with Crippen LogP contribution in [0.25, 0.3) is 0 Å². The van der Waals surface area contributed by atoms with Crippen LogP contribution in [-0.2, 0) is 6.54 Å². The summed E-state index contributed by atoms with van der Waals surface area (Å²) in [6, 6.07) is 8.01. The number of nitrogens with zero attached hydrogens (tertiary/aromatic N) is 3. The first-order valence-electron chi connectivity index (χ1n) is 5.22. The molecule has 2 aromatic rings. The SMILES string of the molecule is CN(c1ccc(F)cc1)c1nnccc1CN. The van der Waals surface area contributed by atoms with Gasteiger partial charge >= 0.3 is 0 Å². The third kappa shape index (κ3) is 2.39. The number of hydrogen-bond donors (Lipinski definition) is 1. The Labute approximate surface area is 98.9 Å². The Morgan fingerprint density at radius 1 is 1.24 bits per heavy atom. The molecule has 0 saturated carbocycles. The van der Waals surface area contributed by atoms with Crippen molar-refractivity contribution in [2.45, 2.75) is 6.54 Å². The average molecular weight is 232 g/mol. The standard InChI is InChI=1S/C12H13FN4/c1-17(11-4-2-10(13)3-5-11)12-9(8-14)6-7-15-16-12/h2-7H,8,14H2,1H3. The summed E-state index contributed by atoms with van der Waals surface area (Å²) < 4.78 is 12.8. The second kappa shape index (κ2) is 4.88. The van der Waals surface area contributed by atoms with Gasteiger partial charge < -0.3 is 10.6 Å². The molecular weight excluding hydrogens is 219 g/mol. The predicted molar refractivity (Wildman–Crippen MR) is 64.4 cm³/mol. The summed E-state index contributed by atoms with van der Waals surface area (Å²) >= 11 is 0. The first kappa shape index (κ1) is 11.5. The van der Waals surface area contributed by atoms with Crippen molar-refractivity contribution in [3.05, 3.63) is 47.9 Å². The Bertz CT molecular complexity index is 498. The molecule has 0 unspecified atom stereocenters. The molecule has 0 atom stereocenters. The van der Waals surface area contributed by atoms with E-state index in [4.69, 9.17) is 5.73 Å². The summed E-state index contributed by atoms with van der Waals surface area (Å²) in [4.78, 5) is 1.83. The van der Waals surface area contributed by atoms with Gasteiger partial charge in [-0.1, -0.05) is 0 Å². The summed E-state index contributed by atoms with van der Waals surface area (Å²) in [7, 11) is 1.84. The highest BCUT2D eigenvalue weighted by Crippen LogP contribution is 2.23. The van der Waals surface area contributed by atoms with Crippen molar-refractivity contribution in [2.75, 3.05) is 11.9 Å². The van der Waals surface area contributed by atoms with Crippen LogP contribution in [0.3, 0.4) is 0 Å². The average Bonchev–Trinajstić information content (AvgIpc) is 2.39. The fourth-order valence-electron chi connectivity index (χ4n) is 1.58. The van der Waals surface area contributed by atoms with Crippen LogP contribution in [0.15, 0.2) is 36.5 Å². The smallest absolute Gasteiger partial charge is 0.159 e. The first-order chi connectivity index (χ1) is 8.22. The lowest BCUT2D eigenvalue weighted by Crippen LogP contribution is -2.15. The van der Waals surface area contributed by atoms with Crippen LogP contribution >= 0.6 is 0 Å². The number of halogens is 1. The lowest BCUT2D eigenvalue weighted by molar-refractivity contribution is 0.628. The third-order valence-electron chi connectivity index (χ3n) is 2.53. The van der Waals surface area contributed by atoms with Crippen LogP contribution in [0.4, 0.5) is 15.9 Å². The van der Waals surface area contributed by atoms with Crippen LogP contribution in [0, 0.1) is 5.82 Å². The predicted octanol–water partition coefficient (Wildman–Crippen LogP) is 1.84. The molecule has 0 spiro atoms. The molecule has 2 rings (SSSR count). The summed E-state index contributed by atoms with van der Waals surface area (Å²) in [5.41, 5.74) is 7.37. The van der Waals surface area contributed by atoms with Gasteiger partial charge in [0.1, 0.15) is 5.82 Å². The number of benzene rings is 1. The van der Waals surface area contributed by atoms with E-state index in [1.54, 1.807) is 18.3 Å². The molecule has 0 amide bonds. The molecule has 0 bridgehead atoms. The minimum absolute atomic E-state index is 0.264. The van der Waals surface area contributed by atoms with Gasteiger partial charge in [-0.15, -0.1) is 5.10 Å². The second-order valence-electron chi connectivity index (χ2n) is 3.62. The molecular formula is C12H13FN4. The van der Waals surface area contributed by atoms with Crippen molar-refractivity contribution in [3.63, 3.8) is 0 Å². The van der Waals surface area contributed by atoms with Gasteiger partial charge in [-0.2, -0.15) is 5.10 Å². The van der Waals surface area contributed by atoms with Gasteiger partial charge in [-0.25, -0.2) is 4.39 Å². The molecule has 17 heavy (non-hydrogen) atoms. The number of nitrogens with two attached hydrogens (primary N) is 1. The van der Waals surface area contributed by atoms with Gasteiger partial charge in [0.05, 0.1) is 6.20 Å². The van der Waals surface area contributed by atoms with Crippen molar-refractivity contribution < 1.29 is 4.39 Å². The summed E-state index contributed by atoms with van der Waals surface area (Å²) in [6.07, 6.45) is 1.60. The molecule has 0 radical (unpaired) electrons. The van der Waals surface area contributed by atoms with Gasteiger partial charge in [0, 0.05) is 24.8 Å².